The number of rotatable bonds is 12. The summed E-state index contributed by atoms with van der Waals surface area (Å²) in [5.74, 6) is -2.75. The zero-order valence-electron chi connectivity index (χ0n) is 30.6. The maximum atomic E-state index is 14.7. The highest BCUT2D eigenvalue weighted by Crippen LogP contribution is 2.65. The first-order valence-corrected chi connectivity index (χ1v) is 19.7. The smallest absolute Gasteiger partial charge is 0.315 e. The number of urea groups is 1. The van der Waals surface area contributed by atoms with Crippen LogP contribution >= 0.6 is 0 Å². The van der Waals surface area contributed by atoms with Gasteiger partial charge in [-0.05, 0) is 76.0 Å². The summed E-state index contributed by atoms with van der Waals surface area (Å²) < 4.78 is 25.8. The topological polar surface area (TPSA) is 171 Å². The number of hydrogen-bond acceptors (Lipinski definition) is 7. The number of amides is 5. The van der Waals surface area contributed by atoms with Gasteiger partial charge < -0.3 is 26.2 Å². The molecule has 4 rings (SSSR count). The van der Waals surface area contributed by atoms with Crippen LogP contribution in [0.15, 0.2) is 12.7 Å². The number of carbonyl (C=O) groups is 5. The van der Waals surface area contributed by atoms with Crippen LogP contribution in [0.2, 0.25) is 0 Å². The van der Waals surface area contributed by atoms with Gasteiger partial charge in [0.15, 0.2) is 9.84 Å². The third kappa shape index (κ3) is 8.17. The molecule has 1 heterocycles. The van der Waals surface area contributed by atoms with Crippen molar-refractivity contribution in [3.05, 3.63) is 12.7 Å². The van der Waals surface area contributed by atoms with Gasteiger partial charge in [-0.2, -0.15) is 0 Å². The Hall–Kier alpha value is -2.96. The fourth-order valence-corrected chi connectivity index (χ4v) is 10.0. The van der Waals surface area contributed by atoms with Gasteiger partial charge in [-0.1, -0.05) is 65.4 Å². The normalized spacial score (nSPS) is 26.7. The molecule has 0 radical (unpaired) electrons. The molecule has 0 aromatic carbocycles. The SMILES string of the molecule is C=CCNC(=O)C(=O)[C@H](C)NC(=O)[C@@H]1[C@@H]2[C@H](CN1C(=O)[C@@H](NC(=O)NC1(CS(=O)(=O)C(C)(C)C)CCCCC1)C1(C)CCCCC1)C2(C)C. The Kier molecular flexibility index (Phi) is 11.4. The van der Waals surface area contributed by atoms with Crippen molar-refractivity contribution in [2.45, 2.75) is 141 Å². The molecule has 5 atom stereocenters. The number of likely N-dealkylation sites (tertiary alicyclic amines) is 1. The molecule has 12 nitrogen and oxygen atoms in total. The van der Waals surface area contributed by atoms with E-state index in [0.29, 0.717) is 32.2 Å². The first-order chi connectivity index (χ1) is 22.7. The van der Waals surface area contributed by atoms with E-state index < -0.39 is 67.3 Å². The Labute approximate surface area is 292 Å². The predicted molar refractivity (Wildman–Crippen MR) is 188 cm³/mol. The first kappa shape index (κ1) is 38.8. The summed E-state index contributed by atoms with van der Waals surface area (Å²) in [5.41, 5.74) is -1.73. The Bertz CT molecular complexity index is 1420. The lowest BCUT2D eigenvalue weighted by atomic mass is 9.70. The number of carbonyl (C=O) groups excluding carboxylic acids is 5. The highest BCUT2D eigenvalue weighted by Gasteiger charge is 2.70. The van der Waals surface area contributed by atoms with Crippen molar-refractivity contribution in [2.75, 3.05) is 18.8 Å². The number of nitrogens with zero attached hydrogens (tertiary/aromatic N) is 1. The van der Waals surface area contributed by atoms with E-state index in [-0.39, 0.29) is 35.5 Å². The van der Waals surface area contributed by atoms with E-state index >= 15 is 0 Å². The molecule has 5 amide bonds. The van der Waals surface area contributed by atoms with Crippen molar-refractivity contribution in [3.63, 3.8) is 0 Å². The molecule has 276 valence electrons. The highest BCUT2D eigenvalue weighted by atomic mass is 32.2. The number of nitrogens with one attached hydrogen (secondary N) is 4. The lowest BCUT2D eigenvalue weighted by Crippen LogP contribution is -2.65. The van der Waals surface area contributed by atoms with Crippen LogP contribution in [-0.2, 0) is 29.0 Å². The van der Waals surface area contributed by atoms with Gasteiger partial charge in [-0.3, -0.25) is 19.2 Å². The monoisotopic (exact) mass is 705 g/mol. The number of fused-ring (bicyclic) bond motifs is 1. The van der Waals surface area contributed by atoms with Crippen LogP contribution in [0.3, 0.4) is 0 Å². The Morgan fingerprint density at radius 1 is 0.918 bits per heavy atom. The van der Waals surface area contributed by atoms with Gasteiger partial charge in [0.2, 0.25) is 17.6 Å². The molecule has 0 bridgehead atoms. The number of ketones is 1. The van der Waals surface area contributed by atoms with Crippen molar-refractivity contribution in [1.29, 1.82) is 0 Å². The molecule has 4 N–H and O–H groups in total. The largest absolute Gasteiger partial charge is 0.346 e. The van der Waals surface area contributed by atoms with Crippen molar-refractivity contribution in [2.24, 2.45) is 22.7 Å². The first-order valence-electron chi connectivity index (χ1n) is 18.0. The third-order valence-electron chi connectivity index (χ3n) is 11.9. The van der Waals surface area contributed by atoms with E-state index in [1.807, 2.05) is 6.92 Å². The van der Waals surface area contributed by atoms with Gasteiger partial charge in [0, 0.05) is 13.1 Å². The lowest BCUT2D eigenvalue weighted by Gasteiger charge is -2.44. The Balaban J connectivity index is 1.59. The predicted octanol–water partition coefficient (Wildman–Crippen LogP) is 3.40. The number of piperidine rings is 1. The van der Waals surface area contributed by atoms with Crippen LogP contribution in [-0.4, -0.2) is 90.1 Å². The summed E-state index contributed by atoms with van der Waals surface area (Å²) in [6.45, 7) is 16.5. The molecule has 3 saturated carbocycles. The summed E-state index contributed by atoms with van der Waals surface area (Å²) in [7, 11) is -3.56. The number of hydrogen-bond donors (Lipinski definition) is 4. The quantitative estimate of drug-likeness (QED) is 0.178. The summed E-state index contributed by atoms with van der Waals surface area (Å²) in [5, 5.41) is 11.2. The van der Waals surface area contributed by atoms with Crippen molar-refractivity contribution in [1.82, 2.24) is 26.2 Å². The van der Waals surface area contributed by atoms with E-state index in [2.05, 4.69) is 41.7 Å². The van der Waals surface area contributed by atoms with Gasteiger partial charge in [0.25, 0.3) is 5.91 Å². The van der Waals surface area contributed by atoms with Gasteiger partial charge in [0.05, 0.1) is 22.1 Å². The van der Waals surface area contributed by atoms with Crippen LogP contribution < -0.4 is 21.3 Å². The fourth-order valence-electron chi connectivity index (χ4n) is 8.50. The zero-order valence-corrected chi connectivity index (χ0v) is 31.4. The molecule has 13 heteroatoms. The second-order valence-corrected chi connectivity index (χ2v) is 19.7. The van der Waals surface area contributed by atoms with Crippen LogP contribution in [0, 0.1) is 22.7 Å². The molecule has 0 aromatic heterocycles. The number of sulfone groups is 1. The van der Waals surface area contributed by atoms with E-state index in [9.17, 15) is 32.4 Å². The molecule has 0 aromatic rings. The molecule has 1 saturated heterocycles. The molecular formula is C36H59N5O7S. The molecule has 3 aliphatic carbocycles. The highest BCUT2D eigenvalue weighted by molar-refractivity contribution is 7.92. The van der Waals surface area contributed by atoms with Crippen molar-refractivity contribution in [3.8, 4) is 0 Å². The van der Waals surface area contributed by atoms with E-state index in [1.165, 1.54) is 13.0 Å². The van der Waals surface area contributed by atoms with Crippen LogP contribution in [0.5, 0.6) is 0 Å². The minimum Gasteiger partial charge on any atom is -0.346 e. The zero-order chi connectivity index (χ0) is 36.6. The molecule has 0 spiro atoms. The summed E-state index contributed by atoms with van der Waals surface area (Å²) >= 11 is 0. The standard InChI is InChI=1S/C36H59N5O7S/c1-9-20-37-30(44)27(42)23(2)38-29(43)26-25-24(34(25,6)7)21-41(26)31(45)28(35(8)16-12-10-13-17-35)39-32(46)40-36(18-14-11-15-19-36)22-49(47,48)33(3,4)5/h9,23-26,28H,1,10-22H2,2-8H3,(H,37,44)(H,38,43)(H2,39,40,46)/t23-,24-,25-,26-,28+/m0/s1. The average Bonchev–Trinajstić information content (AvgIpc) is 3.32. The average molecular weight is 706 g/mol. The van der Waals surface area contributed by atoms with E-state index in [0.717, 1.165) is 38.5 Å². The summed E-state index contributed by atoms with van der Waals surface area (Å²) in [6.07, 6.45) is 9.29. The van der Waals surface area contributed by atoms with Crippen molar-refractivity contribution < 1.29 is 32.4 Å². The second-order valence-electron chi connectivity index (χ2n) is 16.9. The van der Waals surface area contributed by atoms with Crippen LogP contribution in [0.25, 0.3) is 0 Å². The third-order valence-corrected chi connectivity index (χ3v) is 14.7. The molecule has 49 heavy (non-hydrogen) atoms. The molecule has 1 aliphatic heterocycles. The minimum absolute atomic E-state index is 0.0656. The molecule has 4 fully saturated rings. The van der Waals surface area contributed by atoms with Crippen molar-refractivity contribution >= 4 is 39.4 Å². The summed E-state index contributed by atoms with van der Waals surface area (Å²) in [6, 6.07) is -3.51. The second kappa shape index (κ2) is 14.3. The summed E-state index contributed by atoms with van der Waals surface area (Å²) in [4.78, 5) is 69.1. The van der Waals surface area contributed by atoms with Crippen LogP contribution in [0.4, 0.5) is 4.79 Å². The fraction of sp³-hybridized carbons (Fsp3) is 0.806. The van der Waals surface area contributed by atoms with E-state index in [4.69, 9.17) is 0 Å². The van der Waals surface area contributed by atoms with E-state index in [1.54, 1.807) is 25.7 Å². The van der Waals surface area contributed by atoms with Crippen LogP contribution in [0.1, 0.15) is 113 Å². The van der Waals surface area contributed by atoms with Gasteiger partial charge in [0.1, 0.15) is 12.1 Å². The lowest BCUT2D eigenvalue weighted by molar-refractivity contribution is -0.145. The van der Waals surface area contributed by atoms with Gasteiger partial charge in [-0.25, -0.2) is 13.2 Å². The molecule has 0 unspecified atom stereocenters. The van der Waals surface area contributed by atoms with Gasteiger partial charge in [-0.15, -0.1) is 6.58 Å². The Morgan fingerprint density at radius 3 is 2.04 bits per heavy atom. The maximum Gasteiger partial charge on any atom is 0.315 e. The van der Waals surface area contributed by atoms with Gasteiger partial charge >= 0.3 is 6.03 Å². The Morgan fingerprint density at radius 2 is 1.49 bits per heavy atom. The molecular weight excluding hydrogens is 646 g/mol. The number of Topliss-reactive ketones (excluding diaryl/α,β-unsaturated/α-hetero) is 1. The molecule has 4 aliphatic rings. The minimum atomic E-state index is -3.56. The maximum absolute atomic E-state index is 14.7.